The minimum atomic E-state index is -0.992. The Kier molecular flexibility index (Phi) is 3.72. The Morgan fingerprint density at radius 2 is 2.44 bits per heavy atom. The molecule has 1 saturated carbocycles. The van der Waals surface area contributed by atoms with Crippen LogP contribution in [0.5, 0.6) is 0 Å². The van der Waals surface area contributed by atoms with Crippen LogP contribution in [0.4, 0.5) is 0 Å². The number of thioether (sulfide) groups is 1. The Labute approximate surface area is 108 Å². The van der Waals surface area contributed by atoms with Crippen molar-refractivity contribution in [3.05, 3.63) is 22.6 Å². The van der Waals surface area contributed by atoms with Gasteiger partial charge in [-0.3, -0.25) is 9.59 Å². The molecule has 1 aliphatic rings. The zero-order valence-corrected chi connectivity index (χ0v) is 10.8. The number of nitrogens with one attached hydrogen (secondary N) is 1. The Balaban J connectivity index is 2.06. The highest BCUT2D eigenvalue weighted by atomic mass is 32.2. The molecule has 1 unspecified atom stereocenters. The summed E-state index contributed by atoms with van der Waals surface area (Å²) in [6.07, 6.45) is 3.30. The fourth-order valence-electron chi connectivity index (χ4n) is 1.75. The van der Waals surface area contributed by atoms with Gasteiger partial charge in [-0.15, -0.1) is 0 Å². The standard InChI is InChI=1S/C11H15N3O3S/c1-17-9(16)11(12,7-2-3-7)6-18-10-13-5-4-8(15)14-10/h4-5,7H,2-3,6,12H2,1H3,(H,13,14,15). The van der Waals surface area contributed by atoms with E-state index in [1.165, 1.54) is 31.1 Å². The third kappa shape index (κ3) is 2.73. The lowest BCUT2D eigenvalue weighted by Gasteiger charge is -2.25. The fraction of sp³-hybridized carbons (Fsp3) is 0.545. The van der Waals surface area contributed by atoms with E-state index in [1.807, 2.05) is 0 Å². The van der Waals surface area contributed by atoms with Crippen LogP contribution in [0.25, 0.3) is 0 Å². The number of carbonyl (C=O) groups excluding carboxylic acids is 1. The maximum Gasteiger partial charge on any atom is 0.327 e. The van der Waals surface area contributed by atoms with Crippen molar-refractivity contribution < 1.29 is 9.53 Å². The van der Waals surface area contributed by atoms with Crippen LogP contribution in [-0.2, 0) is 9.53 Å². The number of hydrogen-bond acceptors (Lipinski definition) is 6. The molecule has 0 bridgehead atoms. The smallest absolute Gasteiger partial charge is 0.327 e. The van der Waals surface area contributed by atoms with Crippen molar-refractivity contribution in [3.63, 3.8) is 0 Å². The van der Waals surface area contributed by atoms with Crippen molar-refractivity contribution in [2.75, 3.05) is 12.9 Å². The van der Waals surface area contributed by atoms with E-state index >= 15 is 0 Å². The van der Waals surface area contributed by atoms with Crippen LogP contribution in [0, 0.1) is 5.92 Å². The lowest BCUT2D eigenvalue weighted by molar-refractivity contribution is -0.146. The van der Waals surface area contributed by atoms with Gasteiger partial charge in [-0.2, -0.15) is 0 Å². The first-order valence-electron chi connectivity index (χ1n) is 5.61. The number of aromatic nitrogens is 2. The van der Waals surface area contributed by atoms with Gasteiger partial charge in [0, 0.05) is 18.0 Å². The molecular weight excluding hydrogens is 254 g/mol. The van der Waals surface area contributed by atoms with Crippen LogP contribution in [-0.4, -0.2) is 34.3 Å². The molecule has 98 valence electrons. The van der Waals surface area contributed by atoms with Gasteiger partial charge in [0.1, 0.15) is 5.54 Å². The quantitative estimate of drug-likeness (QED) is 0.448. The minimum absolute atomic E-state index is 0.160. The van der Waals surface area contributed by atoms with E-state index in [0.29, 0.717) is 10.9 Å². The van der Waals surface area contributed by atoms with Crippen molar-refractivity contribution in [1.29, 1.82) is 0 Å². The summed E-state index contributed by atoms with van der Waals surface area (Å²) in [5.41, 5.74) is 4.91. The monoisotopic (exact) mass is 269 g/mol. The number of nitrogens with zero attached hydrogens (tertiary/aromatic N) is 1. The third-order valence-corrected chi connectivity index (χ3v) is 4.07. The number of ether oxygens (including phenoxy) is 1. The molecule has 0 spiro atoms. The van der Waals surface area contributed by atoms with E-state index < -0.39 is 11.5 Å². The number of methoxy groups -OCH3 is 1. The number of hydrogen-bond donors (Lipinski definition) is 2. The predicted molar refractivity (Wildman–Crippen MR) is 67.2 cm³/mol. The Bertz CT molecular complexity index is 500. The van der Waals surface area contributed by atoms with Gasteiger partial charge < -0.3 is 15.5 Å². The molecule has 1 aromatic heterocycles. The van der Waals surface area contributed by atoms with Crippen molar-refractivity contribution in [1.82, 2.24) is 9.97 Å². The van der Waals surface area contributed by atoms with Crippen LogP contribution < -0.4 is 11.3 Å². The van der Waals surface area contributed by atoms with E-state index in [1.54, 1.807) is 0 Å². The number of H-pyrrole nitrogens is 1. The van der Waals surface area contributed by atoms with E-state index in [2.05, 4.69) is 9.97 Å². The fourth-order valence-corrected chi connectivity index (χ4v) is 2.78. The molecule has 18 heavy (non-hydrogen) atoms. The summed E-state index contributed by atoms with van der Waals surface area (Å²) < 4.78 is 4.76. The molecule has 0 aromatic carbocycles. The van der Waals surface area contributed by atoms with Crippen LogP contribution in [0.15, 0.2) is 22.2 Å². The van der Waals surface area contributed by atoms with Crippen molar-refractivity contribution in [2.45, 2.75) is 23.5 Å². The summed E-state index contributed by atoms with van der Waals surface area (Å²) in [7, 11) is 1.33. The summed E-state index contributed by atoms with van der Waals surface area (Å²) in [5, 5.41) is 0.460. The lowest BCUT2D eigenvalue weighted by Crippen LogP contribution is -2.53. The normalized spacial score (nSPS) is 18.1. The molecule has 3 N–H and O–H groups in total. The minimum Gasteiger partial charge on any atom is -0.468 e. The molecular formula is C11H15N3O3S. The summed E-state index contributed by atoms with van der Waals surface area (Å²) >= 11 is 1.26. The molecule has 1 fully saturated rings. The van der Waals surface area contributed by atoms with Crippen LogP contribution in [0.3, 0.4) is 0 Å². The molecule has 1 heterocycles. The summed E-state index contributed by atoms with van der Waals surface area (Å²) in [6.45, 7) is 0. The molecule has 0 amide bonds. The molecule has 1 aliphatic carbocycles. The molecule has 2 rings (SSSR count). The van der Waals surface area contributed by atoms with E-state index in [4.69, 9.17) is 10.5 Å². The second-order valence-corrected chi connectivity index (χ2v) is 5.30. The molecule has 1 aromatic rings. The Morgan fingerprint density at radius 3 is 3.00 bits per heavy atom. The lowest BCUT2D eigenvalue weighted by atomic mass is 9.97. The number of esters is 1. The zero-order chi connectivity index (χ0) is 13.2. The highest BCUT2D eigenvalue weighted by Crippen LogP contribution is 2.41. The number of rotatable bonds is 5. The molecule has 6 nitrogen and oxygen atoms in total. The SMILES string of the molecule is COC(=O)C(N)(CSc1nccc(=O)[nH]1)C1CC1. The van der Waals surface area contributed by atoms with Gasteiger partial charge in [0.15, 0.2) is 5.16 Å². The van der Waals surface area contributed by atoms with E-state index in [-0.39, 0.29) is 11.5 Å². The first-order valence-corrected chi connectivity index (χ1v) is 6.60. The molecule has 0 saturated heterocycles. The average molecular weight is 269 g/mol. The second-order valence-electron chi connectivity index (χ2n) is 4.33. The summed E-state index contributed by atoms with van der Waals surface area (Å²) in [5.74, 6) is 0.0979. The topological polar surface area (TPSA) is 98.1 Å². The van der Waals surface area contributed by atoms with E-state index in [9.17, 15) is 9.59 Å². The number of aromatic amines is 1. The van der Waals surface area contributed by atoms with Crippen LogP contribution >= 0.6 is 11.8 Å². The van der Waals surface area contributed by atoms with Gasteiger partial charge in [-0.1, -0.05) is 11.8 Å². The number of carbonyl (C=O) groups is 1. The Morgan fingerprint density at radius 1 is 1.72 bits per heavy atom. The van der Waals surface area contributed by atoms with E-state index in [0.717, 1.165) is 12.8 Å². The van der Waals surface area contributed by atoms with Gasteiger partial charge in [0.2, 0.25) is 0 Å². The van der Waals surface area contributed by atoms with Crippen LogP contribution in [0.1, 0.15) is 12.8 Å². The molecule has 7 heteroatoms. The summed E-state index contributed by atoms with van der Waals surface area (Å²) in [6, 6.07) is 1.33. The largest absolute Gasteiger partial charge is 0.468 e. The van der Waals surface area contributed by atoms with Gasteiger partial charge in [0.05, 0.1) is 7.11 Å². The first-order chi connectivity index (χ1) is 8.56. The average Bonchev–Trinajstić information content (AvgIpc) is 3.19. The Hall–Kier alpha value is -1.34. The van der Waals surface area contributed by atoms with Crippen molar-refractivity contribution >= 4 is 17.7 Å². The van der Waals surface area contributed by atoms with Gasteiger partial charge in [-0.05, 0) is 18.8 Å². The highest BCUT2D eigenvalue weighted by Gasteiger charge is 2.49. The maximum absolute atomic E-state index is 11.8. The third-order valence-electron chi connectivity index (χ3n) is 2.97. The summed E-state index contributed by atoms with van der Waals surface area (Å²) in [4.78, 5) is 29.5. The highest BCUT2D eigenvalue weighted by molar-refractivity contribution is 7.99. The number of nitrogens with two attached hydrogens (primary N) is 1. The van der Waals surface area contributed by atoms with Gasteiger partial charge in [-0.25, -0.2) is 4.98 Å². The molecule has 0 aliphatic heterocycles. The van der Waals surface area contributed by atoms with Crippen molar-refractivity contribution in [2.24, 2.45) is 11.7 Å². The van der Waals surface area contributed by atoms with Crippen molar-refractivity contribution in [3.8, 4) is 0 Å². The van der Waals surface area contributed by atoms with Crippen LogP contribution in [0.2, 0.25) is 0 Å². The first kappa shape index (κ1) is 13.1. The molecule has 1 atom stereocenters. The predicted octanol–water partition coefficient (Wildman–Crippen LogP) is 0.142. The van der Waals surface area contributed by atoms with Gasteiger partial charge >= 0.3 is 5.97 Å². The van der Waals surface area contributed by atoms with Gasteiger partial charge in [0.25, 0.3) is 5.56 Å². The maximum atomic E-state index is 11.8. The molecule has 0 radical (unpaired) electrons. The second kappa shape index (κ2) is 5.11. The zero-order valence-electron chi connectivity index (χ0n) is 10.0.